The lowest BCUT2D eigenvalue weighted by Crippen LogP contribution is -2.54. The van der Waals surface area contributed by atoms with Crippen LogP contribution in [0.2, 0.25) is 0 Å². The third kappa shape index (κ3) is 6.57. The number of hydrogen-bond donors (Lipinski definition) is 2. The Morgan fingerprint density at radius 2 is 1.67 bits per heavy atom. The Balaban J connectivity index is 1.69. The number of methoxy groups -OCH3 is 1. The molecule has 2 aromatic carbocycles. The summed E-state index contributed by atoms with van der Waals surface area (Å²) in [6.45, 7) is 4.83. The number of piperidine rings is 1. The van der Waals surface area contributed by atoms with E-state index in [9.17, 15) is 14.4 Å². The van der Waals surface area contributed by atoms with E-state index in [0.717, 1.165) is 4.47 Å². The van der Waals surface area contributed by atoms with E-state index >= 15 is 0 Å². The molecular weight excluding hydrogens is 486 g/mol. The van der Waals surface area contributed by atoms with Gasteiger partial charge in [0.25, 0.3) is 11.8 Å². The number of rotatable bonds is 7. The smallest absolute Gasteiger partial charge is 0.253 e. The van der Waals surface area contributed by atoms with Crippen LogP contribution in [0.25, 0.3) is 0 Å². The van der Waals surface area contributed by atoms with Gasteiger partial charge in [0.15, 0.2) is 0 Å². The Hall–Kier alpha value is -2.87. The second-order valence-corrected chi connectivity index (χ2v) is 9.40. The van der Waals surface area contributed by atoms with Crippen molar-refractivity contribution in [3.63, 3.8) is 0 Å². The first-order chi connectivity index (χ1) is 15.8. The molecule has 2 N–H and O–H groups in total. The highest BCUT2D eigenvalue weighted by Gasteiger charge is 2.34. The minimum atomic E-state index is -0.676. The number of carbonyl (C=O) groups excluding carboxylic acids is 3. The molecule has 3 amide bonds. The van der Waals surface area contributed by atoms with Crippen molar-refractivity contribution in [1.82, 2.24) is 15.5 Å². The average molecular weight is 516 g/mol. The molecule has 0 saturated carbocycles. The summed E-state index contributed by atoms with van der Waals surface area (Å²) in [6, 6.07) is 13.4. The van der Waals surface area contributed by atoms with Gasteiger partial charge in [-0.3, -0.25) is 14.4 Å². The number of nitrogens with one attached hydrogen (secondary N) is 2. The first-order valence-electron chi connectivity index (χ1n) is 11.1. The fourth-order valence-electron chi connectivity index (χ4n) is 3.98. The largest absolute Gasteiger partial charge is 0.497 e. The monoisotopic (exact) mass is 515 g/mol. The van der Waals surface area contributed by atoms with Crippen molar-refractivity contribution in [2.45, 2.75) is 38.8 Å². The van der Waals surface area contributed by atoms with Gasteiger partial charge < -0.3 is 20.3 Å². The highest BCUT2D eigenvalue weighted by Crippen LogP contribution is 2.24. The van der Waals surface area contributed by atoms with E-state index in [1.807, 2.05) is 32.0 Å². The molecule has 1 atom stereocenters. The predicted molar refractivity (Wildman–Crippen MR) is 130 cm³/mol. The zero-order valence-electron chi connectivity index (χ0n) is 19.1. The van der Waals surface area contributed by atoms with Crippen molar-refractivity contribution < 1.29 is 19.1 Å². The lowest BCUT2D eigenvalue weighted by atomic mass is 9.88. The van der Waals surface area contributed by atoms with Gasteiger partial charge >= 0.3 is 0 Å². The van der Waals surface area contributed by atoms with Gasteiger partial charge in [-0.1, -0.05) is 22.0 Å². The SMILES string of the molecule is COc1ccc(C(=O)NC(C(=O)NC(C)C)C2CCN(C(=O)c3cccc(Br)c3)CC2)cc1. The van der Waals surface area contributed by atoms with Crippen LogP contribution in [-0.4, -0.2) is 54.9 Å². The maximum absolute atomic E-state index is 13.0. The summed E-state index contributed by atoms with van der Waals surface area (Å²) < 4.78 is 6.00. The summed E-state index contributed by atoms with van der Waals surface area (Å²) >= 11 is 3.41. The van der Waals surface area contributed by atoms with Crippen LogP contribution in [0.3, 0.4) is 0 Å². The first-order valence-corrected chi connectivity index (χ1v) is 11.9. The number of hydrogen-bond acceptors (Lipinski definition) is 4. The highest BCUT2D eigenvalue weighted by molar-refractivity contribution is 9.10. The molecule has 0 aliphatic carbocycles. The molecule has 2 aromatic rings. The van der Waals surface area contributed by atoms with Crippen molar-refractivity contribution in [2.24, 2.45) is 5.92 Å². The van der Waals surface area contributed by atoms with E-state index < -0.39 is 6.04 Å². The number of carbonyl (C=O) groups is 3. The summed E-state index contributed by atoms with van der Waals surface area (Å²) in [4.78, 5) is 40.5. The van der Waals surface area contributed by atoms with Crippen LogP contribution in [0.5, 0.6) is 5.75 Å². The molecule has 1 heterocycles. The molecule has 1 aliphatic heterocycles. The van der Waals surface area contributed by atoms with E-state index in [1.165, 1.54) is 0 Å². The third-order valence-electron chi connectivity index (χ3n) is 5.72. The lowest BCUT2D eigenvalue weighted by Gasteiger charge is -2.36. The van der Waals surface area contributed by atoms with Gasteiger partial charge in [-0.15, -0.1) is 0 Å². The molecule has 1 unspecified atom stereocenters. The number of likely N-dealkylation sites (tertiary alicyclic amines) is 1. The van der Waals surface area contributed by atoms with Crippen LogP contribution >= 0.6 is 15.9 Å². The number of ether oxygens (including phenoxy) is 1. The Morgan fingerprint density at radius 3 is 2.24 bits per heavy atom. The zero-order valence-corrected chi connectivity index (χ0v) is 20.7. The quantitative estimate of drug-likeness (QED) is 0.589. The van der Waals surface area contributed by atoms with Gasteiger partial charge in [-0.2, -0.15) is 0 Å². The molecule has 33 heavy (non-hydrogen) atoms. The second kappa shape index (κ2) is 11.3. The maximum atomic E-state index is 13.0. The molecule has 0 aromatic heterocycles. The average Bonchev–Trinajstić information content (AvgIpc) is 2.81. The maximum Gasteiger partial charge on any atom is 0.253 e. The van der Waals surface area contributed by atoms with Crippen LogP contribution in [0.4, 0.5) is 0 Å². The van der Waals surface area contributed by atoms with Crippen LogP contribution in [-0.2, 0) is 4.79 Å². The Morgan fingerprint density at radius 1 is 1.00 bits per heavy atom. The van der Waals surface area contributed by atoms with Gasteiger partial charge in [0.1, 0.15) is 11.8 Å². The summed E-state index contributed by atoms with van der Waals surface area (Å²) in [5.74, 6) is 0.0404. The van der Waals surface area contributed by atoms with E-state index in [1.54, 1.807) is 42.3 Å². The molecule has 1 fully saturated rings. The minimum Gasteiger partial charge on any atom is -0.497 e. The summed E-state index contributed by atoms with van der Waals surface area (Å²) in [6.07, 6.45) is 1.25. The Kier molecular flexibility index (Phi) is 8.49. The normalized spacial score (nSPS) is 15.1. The van der Waals surface area contributed by atoms with Gasteiger partial charge in [0.2, 0.25) is 5.91 Å². The van der Waals surface area contributed by atoms with Gasteiger partial charge in [-0.05, 0) is 75.1 Å². The van der Waals surface area contributed by atoms with Crippen molar-refractivity contribution in [3.05, 3.63) is 64.1 Å². The fraction of sp³-hybridized carbons (Fsp3) is 0.400. The molecule has 7 nitrogen and oxygen atoms in total. The molecule has 176 valence electrons. The molecule has 0 spiro atoms. The standard InChI is InChI=1S/C25H30BrN3O4/c1-16(2)27-24(31)22(28-23(30)18-7-9-21(33-3)10-8-18)17-11-13-29(14-12-17)25(32)19-5-4-6-20(26)15-19/h4-10,15-17,22H,11-14H2,1-3H3,(H,27,31)(H,28,30). The molecule has 0 radical (unpaired) electrons. The molecule has 1 saturated heterocycles. The summed E-state index contributed by atoms with van der Waals surface area (Å²) in [5.41, 5.74) is 1.09. The highest BCUT2D eigenvalue weighted by atomic mass is 79.9. The van der Waals surface area contributed by atoms with Crippen molar-refractivity contribution in [2.75, 3.05) is 20.2 Å². The van der Waals surface area contributed by atoms with Crippen LogP contribution < -0.4 is 15.4 Å². The number of halogens is 1. The molecule has 1 aliphatic rings. The molecular formula is C25H30BrN3O4. The predicted octanol–water partition coefficient (Wildman–Crippen LogP) is 3.63. The minimum absolute atomic E-state index is 0.0276. The molecule has 8 heteroatoms. The number of amides is 3. The van der Waals surface area contributed by atoms with E-state index in [0.29, 0.717) is 42.8 Å². The summed E-state index contributed by atoms with van der Waals surface area (Å²) in [5, 5.41) is 5.85. The van der Waals surface area contributed by atoms with E-state index in [4.69, 9.17) is 4.74 Å². The van der Waals surface area contributed by atoms with Crippen molar-refractivity contribution >= 4 is 33.7 Å². The fourth-order valence-corrected chi connectivity index (χ4v) is 4.38. The lowest BCUT2D eigenvalue weighted by molar-refractivity contribution is -0.125. The van der Waals surface area contributed by atoms with E-state index in [2.05, 4.69) is 26.6 Å². The zero-order chi connectivity index (χ0) is 24.0. The number of nitrogens with zero attached hydrogens (tertiary/aromatic N) is 1. The Labute approximate surface area is 203 Å². The Bertz CT molecular complexity index is 985. The second-order valence-electron chi connectivity index (χ2n) is 8.48. The van der Waals surface area contributed by atoms with Gasteiger partial charge in [0.05, 0.1) is 7.11 Å². The van der Waals surface area contributed by atoms with Crippen molar-refractivity contribution in [1.29, 1.82) is 0 Å². The topological polar surface area (TPSA) is 87.7 Å². The van der Waals surface area contributed by atoms with Crippen LogP contribution in [0.1, 0.15) is 47.4 Å². The first kappa shape index (κ1) is 24.8. The summed E-state index contributed by atoms with van der Waals surface area (Å²) in [7, 11) is 1.56. The van der Waals surface area contributed by atoms with Gasteiger partial charge in [0, 0.05) is 34.7 Å². The van der Waals surface area contributed by atoms with Crippen LogP contribution in [0, 0.1) is 5.92 Å². The molecule has 0 bridgehead atoms. The van der Waals surface area contributed by atoms with Crippen molar-refractivity contribution in [3.8, 4) is 5.75 Å². The third-order valence-corrected chi connectivity index (χ3v) is 6.22. The van der Waals surface area contributed by atoms with Gasteiger partial charge in [-0.25, -0.2) is 0 Å². The van der Waals surface area contributed by atoms with Crippen LogP contribution in [0.15, 0.2) is 53.0 Å². The number of benzene rings is 2. The van der Waals surface area contributed by atoms with E-state index in [-0.39, 0.29) is 29.7 Å². The molecule has 3 rings (SSSR count).